The van der Waals surface area contributed by atoms with Crippen LogP contribution in [0.2, 0.25) is 0 Å². The van der Waals surface area contributed by atoms with E-state index in [0.717, 1.165) is 36.2 Å². The van der Waals surface area contributed by atoms with Gasteiger partial charge < -0.3 is 4.74 Å². The van der Waals surface area contributed by atoms with Crippen molar-refractivity contribution in [3.63, 3.8) is 0 Å². The summed E-state index contributed by atoms with van der Waals surface area (Å²) in [5, 5.41) is 0.660. The molecular weight excluding hydrogens is 543 g/mol. The van der Waals surface area contributed by atoms with Crippen LogP contribution < -0.4 is 5.32 Å². The monoisotopic (exact) mass is 575 g/mol. The van der Waals surface area contributed by atoms with Crippen LogP contribution in [0.3, 0.4) is 0 Å². The number of anilines is 1. The Hall–Kier alpha value is -3.66. The Morgan fingerprint density at radius 3 is 1.85 bits per heavy atom. The lowest BCUT2D eigenvalue weighted by atomic mass is 9.84. The number of rotatable bonds is 7. The summed E-state index contributed by atoms with van der Waals surface area (Å²) in [6.07, 6.45) is -5.73. The van der Waals surface area contributed by atoms with Crippen molar-refractivity contribution in [1.29, 1.82) is 0 Å². The van der Waals surface area contributed by atoms with Crippen molar-refractivity contribution in [2.75, 3.05) is 5.32 Å². The molecule has 0 aliphatic rings. The zero-order valence-corrected chi connectivity index (χ0v) is 23.9. The van der Waals surface area contributed by atoms with Crippen LogP contribution in [0.4, 0.5) is 23.7 Å². The Bertz CT molecular complexity index is 1490. The topological polar surface area (TPSA) is 89.5 Å². The van der Waals surface area contributed by atoms with E-state index < -0.39 is 50.2 Å². The highest BCUT2D eigenvalue weighted by Crippen LogP contribution is 2.42. The van der Waals surface area contributed by atoms with Crippen LogP contribution in [0.25, 0.3) is 0 Å². The standard InChI is InChI=1S/C30H32F3NO5S/c1-18-7-11-21(12-8-18)26(27(20(3)35)40(37,38)23-14-9-19(2)10-15-23)24-17-22(30(31,32)33)13-16-25(24)34-28(36)39-29(4,5)6/h7-17,26-27H,1-6H3,(H,34,36). The first-order valence-corrected chi connectivity index (χ1v) is 14.0. The number of nitrogens with one attached hydrogen (secondary N) is 1. The van der Waals surface area contributed by atoms with Gasteiger partial charge in [-0.05, 0) is 83.0 Å². The van der Waals surface area contributed by atoms with Gasteiger partial charge in [0.1, 0.15) is 16.6 Å². The van der Waals surface area contributed by atoms with Gasteiger partial charge in [0.05, 0.1) is 10.5 Å². The lowest BCUT2D eigenvalue weighted by Gasteiger charge is -2.29. The second-order valence-electron chi connectivity index (χ2n) is 10.7. The van der Waals surface area contributed by atoms with E-state index in [1.165, 1.54) is 12.1 Å². The average molecular weight is 576 g/mol. The molecule has 0 radical (unpaired) electrons. The van der Waals surface area contributed by atoms with Crippen molar-refractivity contribution < 1.29 is 35.9 Å². The van der Waals surface area contributed by atoms with E-state index >= 15 is 0 Å². The molecule has 6 nitrogen and oxygen atoms in total. The maximum atomic E-state index is 14.0. The predicted molar refractivity (Wildman–Crippen MR) is 147 cm³/mol. The molecule has 2 unspecified atom stereocenters. The van der Waals surface area contributed by atoms with Crippen molar-refractivity contribution in [3.05, 3.63) is 94.5 Å². The fraction of sp³-hybridized carbons (Fsp3) is 0.333. The fourth-order valence-corrected chi connectivity index (χ4v) is 6.23. The molecule has 0 bridgehead atoms. The third kappa shape index (κ3) is 7.29. The molecule has 0 spiro atoms. The molecule has 3 rings (SSSR count). The minimum absolute atomic E-state index is 0.113. The van der Waals surface area contributed by atoms with Gasteiger partial charge in [-0.2, -0.15) is 13.2 Å². The van der Waals surface area contributed by atoms with Gasteiger partial charge in [-0.3, -0.25) is 10.1 Å². The Morgan fingerprint density at radius 2 is 1.38 bits per heavy atom. The van der Waals surface area contributed by atoms with Gasteiger partial charge in [0, 0.05) is 11.6 Å². The molecule has 0 fully saturated rings. The summed E-state index contributed by atoms with van der Waals surface area (Å²) in [4.78, 5) is 25.7. The summed E-state index contributed by atoms with van der Waals surface area (Å²) in [6, 6.07) is 14.9. The number of benzene rings is 3. The molecule has 40 heavy (non-hydrogen) atoms. The van der Waals surface area contributed by atoms with Crippen LogP contribution in [-0.4, -0.2) is 31.1 Å². The number of Topliss-reactive ketones (excluding diaryl/α,β-unsaturated/α-hetero) is 1. The second kappa shape index (κ2) is 11.4. The fourth-order valence-electron chi connectivity index (χ4n) is 4.32. The van der Waals surface area contributed by atoms with Crippen LogP contribution in [-0.2, 0) is 25.5 Å². The van der Waals surface area contributed by atoms with E-state index in [-0.39, 0.29) is 21.7 Å². The van der Waals surface area contributed by atoms with E-state index in [2.05, 4.69) is 5.32 Å². The minimum Gasteiger partial charge on any atom is -0.444 e. The SMILES string of the molecule is CC(=O)C(C(c1ccc(C)cc1)c1cc(C(F)(F)F)ccc1NC(=O)OC(C)(C)C)S(=O)(=O)c1ccc(C)cc1. The number of ketones is 1. The average Bonchev–Trinajstić information content (AvgIpc) is 2.81. The first-order valence-electron chi connectivity index (χ1n) is 12.5. The van der Waals surface area contributed by atoms with Gasteiger partial charge in [-0.15, -0.1) is 0 Å². The third-order valence-corrected chi connectivity index (χ3v) is 8.38. The highest BCUT2D eigenvalue weighted by molar-refractivity contribution is 7.92. The van der Waals surface area contributed by atoms with Crippen molar-refractivity contribution >= 4 is 27.4 Å². The lowest BCUT2D eigenvalue weighted by Crippen LogP contribution is -2.36. The largest absolute Gasteiger partial charge is 0.444 e. The number of amides is 1. The smallest absolute Gasteiger partial charge is 0.416 e. The molecule has 3 aromatic rings. The summed E-state index contributed by atoms with van der Waals surface area (Å²) in [6.45, 7) is 9.52. The molecule has 3 aromatic carbocycles. The molecular formula is C30H32F3NO5S. The van der Waals surface area contributed by atoms with Gasteiger partial charge in [-0.1, -0.05) is 47.5 Å². The molecule has 0 heterocycles. The molecule has 1 amide bonds. The number of sulfone groups is 1. The quantitative estimate of drug-likeness (QED) is 0.321. The Kier molecular flexibility index (Phi) is 8.84. The zero-order valence-electron chi connectivity index (χ0n) is 23.1. The number of carbonyl (C=O) groups is 2. The number of hydrogen-bond donors (Lipinski definition) is 1. The Labute approximate surface area is 232 Å². The molecule has 10 heteroatoms. The molecule has 214 valence electrons. The van der Waals surface area contributed by atoms with Crippen molar-refractivity contribution in [2.24, 2.45) is 0 Å². The van der Waals surface area contributed by atoms with Crippen LogP contribution in [0, 0.1) is 13.8 Å². The van der Waals surface area contributed by atoms with Gasteiger partial charge in [0.2, 0.25) is 0 Å². The second-order valence-corrected chi connectivity index (χ2v) is 12.8. The summed E-state index contributed by atoms with van der Waals surface area (Å²) in [5.41, 5.74) is -0.394. The maximum absolute atomic E-state index is 14.0. The number of aryl methyl sites for hydroxylation is 2. The van der Waals surface area contributed by atoms with Gasteiger partial charge in [0.15, 0.2) is 9.84 Å². The maximum Gasteiger partial charge on any atom is 0.416 e. The first kappa shape index (κ1) is 30.9. The minimum atomic E-state index is -4.78. The summed E-state index contributed by atoms with van der Waals surface area (Å²) < 4.78 is 75.0. The first-order chi connectivity index (χ1) is 18.4. The van der Waals surface area contributed by atoms with Gasteiger partial charge in [-0.25, -0.2) is 13.2 Å². The molecule has 0 aliphatic heterocycles. The highest BCUT2D eigenvalue weighted by Gasteiger charge is 2.42. The number of carbonyl (C=O) groups excluding carboxylic acids is 2. The van der Waals surface area contributed by atoms with E-state index in [1.807, 2.05) is 0 Å². The van der Waals surface area contributed by atoms with Crippen LogP contribution in [0.15, 0.2) is 71.6 Å². The lowest BCUT2D eigenvalue weighted by molar-refractivity contribution is -0.137. The van der Waals surface area contributed by atoms with Crippen LogP contribution in [0.5, 0.6) is 0 Å². The van der Waals surface area contributed by atoms with E-state index in [4.69, 9.17) is 4.74 Å². The molecule has 2 atom stereocenters. The van der Waals surface area contributed by atoms with Gasteiger partial charge >= 0.3 is 12.3 Å². The number of hydrogen-bond acceptors (Lipinski definition) is 5. The molecule has 0 aliphatic carbocycles. The molecule has 0 aromatic heterocycles. The highest BCUT2D eigenvalue weighted by atomic mass is 32.2. The normalized spacial score (nSPS) is 13.8. The predicted octanol–water partition coefficient (Wildman–Crippen LogP) is 7.23. The Morgan fingerprint density at radius 1 is 0.850 bits per heavy atom. The summed E-state index contributed by atoms with van der Waals surface area (Å²) in [5.74, 6) is -2.18. The van der Waals surface area contributed by atoms with Crippen molar-refractivity contribution in [2.45, 2.75) is 69.4 Å². The molecule has 1 N–H and O–H groups in total. The molecule has 0 saturated carbocycles. The van der Waals surface area contributed by atoms with Crippen molar-refractivity contribution in [3.8, 4) is 0 Å². The number of alkyl halides is 3. The van der Waals surface area contributed by atoms with Crippen LogP contribution >= 0.6 is 0 Å². The zero-order chi connectivity index (χ0) is 30.0. The Balaban J connectivity index is 2.35. The van der Waals surface area contributed by atoms with Crippen LogP contribution in [0.1, 0.15) is 61.4 Å². The number of ether oxygens (including phenoxy) is 1. The van der Waals surface area contributed by atoms with E-state index in [0.29, 0.717) is 0 Å². The molecule has 0 saturated heterocycles. The summed E-state index contributed by atoms with van der Waals surface area (Å²) >= 11 is 0. The van der Waals surface area contributed by atoms with E-state index in [1.54, 1.807) is 71.0 Å². The number of halogens is 3. The van der Waals surface area contributed by atoms with Crippen molar-refractivity contribution in [1.82, 2.24) is 0 Å². The third-order valence-electron chi connectivity index (χ3n) is 6.17. The van der Waals surface area contributed by atoms with Gasteiger partial charge in [0.25, 0.3) is 0 Å². The van der Waals surface area contributed by atoms with E-state index in [9.17, 15) is 31.2 Å². The summed E-state index contributed by atoms with van der Waals surface area (Å²) in [7, 11) is -4.42.